The van der Waals surface area contributed by atoms with Crippen molar-refractivity contribution in [3.8, 4) is 5.75 Å². The Hall–Kier alpha value is -3.16. The molecule has 3 rings (SSSR count). The molecule has 0 radical (unpaired) electrons. The highest BCUT2D eigenvalue weighted by Crippen LogP contribution is 2.18. The van der Waals surface area contributed by atoms with Crippen LogP contribution in [0.4, 0.5) is 14.5 Å². The van der Waals surface area contributed by atoms with Crippen LogP contribution < -0.4 is 9.64 Å². The molecule has 1 saturated heterocycles. The average Bonchev–Trinajstić information content (AvgIpc) is 2.72. The topological polar surface area (TPSA) is 54.4 Å². The molecular weight excluding hydrogens is 368 g/mol. The van der Waals surface area contributed by atoms with Crippen LogP contribution in [0, 0.1) is 0 Å². The zero-order chi connectivity index (χ0) is 19.8. The lowest BCUT2D eigenvalue weighted by atomic mass is 10.2. The van der Waals surface area contributed by atoms with E-state index in [1.807, 2.05) is 30.3 Å². The maximum Gasteiger partial charge on any atom is 0.387 e. The van der Waals surface area contributed by atoms with E-state index in [-0.39, 0.29) is 18.3 Å². The molecule has 2 aromatic rings. The number of hydrogen-bond acceptors (Lipinski definition) is 5. The van der Waals surface area contributed by atoms with Crippen molar-refractivity contribution >= 4 is 17.8 Å². The van der Waals surface area contributed by atoms with E-state index in [0.717, 1.165) is 18.8 Å². The Labute approximate surface area is 161 Å². The van der Waals surface area contributed by atoms with Gasteiger partial charge in [0, 0.05) is 37.4 Å². The summed E-state index contributed by atoms with van der Waals surface area (Å²) < 4.78 is 29.2. The highest BCUT2D eigenvalue weighted by atomic mass is 19.3. The number of carbonyl (C=O) groups is 1. The molecule has 0 N–H and O–H groups in total. The van der Waals surface area contributed by atoms with E-state index in [1.54, 1.807) is 23.1 Å². The number of rotatable bonds is 7. The Morgan fingerprint density at radius 2 is 1.71 bits per heavy atom. The van der Waals surface area contributed by atoms with Gasteiger partial charge < -0.3 is 19.4 Å². The first-order valence-electron chi connectivity index (χ1n) is 8.90. The van der Waals surface area contributed by atoms with Crippen LogP contribution in [0.3, 0.4) is 0 Å². The summed E-state index contributed by atoms with van der Waals surface area (Å²) in [5, 5.41) is 3.70. The van der Waals surface area contributed by atoms with Gasteiger partial charge >= 0.3 is 6.61 Å². The molecule has 8 heteroatoms. The second-order valence-corrected chi connectivity index (χ2v) is 6.13. The van der Waals surface area contributed by atoms with Crippen LogP contribution in [0.2, 0.25) is 0 Å². The predicted molar refractivity (Wildman–Crippen MR) is 102 cm³/mol. The molecule has 0 saturated carbocycles. The average molecular weight is 389 g/mol. The Kier molecular flexibility index (Phi) is 6.78. The van der Waals surface area contributed by atoms with Gasteiger partial charge in [-0.1, -0.05) is 35.5 Å². The lowest BCUT2D eigenvalue weighted by molar-refractivity contribution is -0.136. The number of para-hydroxylation sites is 2. The zero-order valence-electron chi connectivity index (χ0n) is 15.2. The van der Waals surface area contributed by atoms with Crippen molar-refractivity contribution in [2.45, 2.75) is 6.61 Å². The van der Waals surface area contributed by atoms with Crippen LogP contribution >= 0.6 is 0 Å². The quantitative estimate of drug-likeness (QED) is 0.540. The van der Waals surface area contributed by atoms with Crippen molar-refractivity contribution < 1.29 is 23.1 Å². The fourth-order valence-corrected chi connectivity index (χ4v) is 2.92. The standard InChI is InChI=1S/C20H21F2N3O3/c21-20(22)28-18-9-5-4-6-16(18)14-23-27-15-19(26)25-12-10-24(11-13-25)17-7-2-1-3-8-17/h1-9,14,20H,10-13,15H2/b23-14-. The minimum Gasteiger partial charge on any atom is -0.434 e. The third-order valence-corrected chi connectivity index (χ3v) is 4.34. The molecule has 0 bridgehead atoms. The predicted octanol–water partition coefficient (Wildman–Crippen LogP) is 2.99. The fraction of sp³-hybridized carbons (Fsp3) is 0.300. The fourth-order valence-electron chi connectivity index (χ4n) is 2.92. The number of piperazine rings is 1. The van der Waals surface area contributed by atoms with Gasteiger partial charge in [-0.2, -0.15) is 8.78 Å². The second kappa shape index (κ2) is 9.68. The Morgan fingerprint density at radius 1 is 1.04 bits per heavy atom. The summed E-state index contributed by atoms with van der Waals surface area (Å²) in [6, 6.07) is 16.3. The third kappa shape index (κ3) is 5.42. The maximum atomic E-state index is 12.4. The number of nitrogens with zero attached hydrogens (tertiary/aromatic N) is 3. The van der Waals surface area contributed by atoms with Gasteiger partial charge in [0.2, 0.25) is 0 Å². The summed E-state index contributed by atoms with van der Waals surface area (Å²) in [4.78, 5) is 21.2. The molecule has 0 aromatic heterocycles. The molecule has 28 heavy (non-hydrogen) atoms. The number of benzene rings is 2. The Morgan fingerprint density at radius 3 is 2.43 bits per heavy atom. The molecule has 2 aromatic carbocycles. The minimum absolute atomic E-state index is 0.00629. The van der Waals surface area contributed by atoms with E-state index in [0.29, 0.717) is 18.7 Å². The van der Waals surface area contributed by atoms with Crippen LogP contribution in [0.15, 0.2) is 59.8 Å². The molecule has 148 valence electrons. The zero-order valence-corrected chi connectivity index (χ0v) is 15.2. The molecule has 1 fully saturated rings. The van der Waals surface area contributed by atoms with Gasteiger partial charge in [-0.15, -0.1) is 0 Å². The Balaban J connectivity index is 1.45. The highest BCUT2D eigenvalue weighted by Gasteiger charge is 2.21. The molecule has 6 nitrogen and oxygen atoms in total. The van der Waals surface area contributed by atoms with E-state index >= 15 is 0 Å². The summed E-state index contributed by atoms with van der Waals surface area (Å²) in [5.41, 5.74) is 1.48. The molecule has 1 amide bonds. The highest BCUT2D eigenvalue weighted by molar-refractivity contribution is 5.83. The number of anilines is 1. The lowest BCUT2D eigenvalue weighted by Gasteiger charge is -2.35. The van der Waals surface area contributed by atoms with Crippen LogP contribution in [0.1, 0.15) is 5.56 Å². The summed E-state index contributed by atoms with van der Waals surface area (Å²) >= 11 is 0. The number of hydrogen-bond donors (Lipinski definition) is 0. The molecule has 0 unspecified atom stereocenters. The van der Waals surface area contributed by atoms with Crippen molar-refractivity contribution in [3.05, 3.63) is 60.2 Å². The van der Waals surface area contributed by atoms with Gasteiger partial charge in [-0.25, -0.2) is 0 Å². The summed E-state index contributed by atoms with van der Waals surface area (Å²) in [6.45, 7) is -0.432. The normalized spacial score (nSPS) is 14.5. The molecule has 1 aliphatic heterocycles. The largest absolute Gasteiger partial charge is 0.434 e. The SMILES string of the molecule is O=C(CO/N=C\c1ccccc1OC(F)F)N1CCN(c2ccccc2)CC1. The van der Waals surface area contributed by atoms with Gasteiger partial charge in [0.05, 0.1) is 6.21 Å². The van der Waals surface area contributed by atoms with E-state index in [2.05, 4.69) is 14.8 Å². The van der Waals surface area contributed by atoms with Crippen molar-refractivity contribution in [3.63, 3.8) is 0 Å². The first kappa shape index (κ1) is 19.6. The number of carbonyl (C=O) groups excluding carboxylic acids is 1. The minimum atomic E-state index is -2.92. The third-order valence-electron chi connectivity index (χ3n) is 4.34. The number of ether oxygens (including phenoxy) is 1. The maximum absolute atomic E-state index is 12.4. The van der Waals surface area contributed by atoms with Crippen molar-refractivity contribution in [2.24, 2.45) is 5.16 Å². The van der Waals surface area contributed by atoms with Crippen molar-refractivity contribution in [1.29, 1.82) is 0 Å². The Bertz CT molecular complexity index is 794. The molecule has 0 spiro atoms. The van der Waals surface area contributed by atoms with E-state index in [9.17, 15) is 13.6 Å². The van der Waals surface area contributed by atoms with E-state index in [1.165, 1.54) is 12.3 Å². The first-order chi connectivity index (χ1) is 13.6. The van der Waals surface area contributed by atoms with Crippen LogP contribution in [-0.4, -0.2) is 56.4 Å². The van der Waals surface area contributed by atoms with Gasteiger partial charge in [-0.3, -0.25) is 4.79 Å². The van der Waals surface area contributed by atoms with E-state index in [4.69, 9.17) is 4.84 Å². The van der Waals surface area contributed by atoms with Crippen LogP contribution in [0.25, 0.3) is 0 Å². The lowest BCUT2D eigenvalue weighted by Crippen LogP contribution is -2.49. The van der Waals surface area contributed by atoms with Gasteiger partial charge in [0.1, 0.15) is 5.75 Å². The van der Waals surface area contributed by atoms with Crippen molar-refractivity contribution in [1.82, 2.24) is 4.90 Å². The molecular formula is C20H21F2N3O3. The van der Waals surface area contributed by atoms with Gasteiger partial charge in [-0.05, 0) is 24.3 Å². The monoisotopic (exact) mass is 389 g/mol. The smallest absolute Gasteiger partial charge is 0.387 e. The summed E-state index contributed by atoms with van der Waals surface area (Å²) in [5.74, 6) is -0.171. The summed E-state index contributed by atoms with van der Waals surface area (Å²) in [7, 11) is 0. The van der Waals surface area contributed by atoms with Gasteiger partial charge in [0.25, 0.3) is 5.91 Å². The second-order valence-electron chi connectivity index (χ2n) is 6.13. The summed E-state index contributed by atoms with van der Waals surface area (Å²) in [6.07, 6.45) is 1.25. The van der Waals surface area contributed by atoms with Crippen LogP contribution in [-0.2, 0) is 9.63 Å². The molecule has 0 atom stereocenters. The number of alkyl halides is 2. The number of amides is 1. The van der Waals surface area contributed by atoms with Crippen molar-refractivity contribution in [2.75, 3.05) is 37.7 Å². The molecule has 0 aliphatic carbocycles. The van der Waals surface area contributed by atoms with Gasteiger partial charge in [0.15, 0.2) is 6.61 Å². The molecule has 1 aliphatic rings. The first-order valence-corrected chi connectivity index (χ1v) is 8.90. The van der Waals surface area contributed by atoms with E-state index < -0.39 is 6.61 Å². The van der Waals surface area contributed by atoms with Crippen LogP contribution in [0.5, 0.6) is 5.75 Å². The number of oxime groups is 1. The molecule has 1 heterocycles. The number of halogens is 2.